The molecular weight excluding hydrogens is 338 g/mol. The second kappa shape index (κ2) is 7.03. The van der Waals surface area contributed by atoms with Crippen molar-refractivity contribution >= 4 is 17.2 Å². The van der Waals surface area contributed by atoms with Gasteiger partial charge in [-0.2, -0.15) is 0 Å². The first kappa shape index (κ1) is 17.7. The molecule has 2 aromatic rings. The molecule has 0 unspecified atom stereocenters. The SMILES string of the molecule is COc1cc2c(cc1O)N(c1cc(OC)c(OC)c(OC)c1)CCC2=O. The van der Waals surface area contributed by atoms with E-state index < -0.39 is 0 Å². The minimum absolute atomic E-state index is 0.00184. The summed E-state index contributed by atoms with van der Waals surface area (Å²) >= 11 is 0. The van der Waals surface area contributed by atoms with Crippen LogP contribution in [-0.2, 0) is 0 Å². The maximum atomic E-state index is 12.4. The van der Waals surface area contributed by atoms with E-state index >= 15 is 0 Å². The number of benzene rings is 2. The van der Waals surface area contributed by atoms with Gasteiger partial charge < -0.3 is 29.0 Å². The van der Waals surface area contributed by atoms with Crippen LogP contribution >= 0.6 is 0 Å². The van der Waals surface area contributed by atoms with Crippen molar-refractivity contribution < 1.29 is 28.8 Å². The Balaban J connectivity index is 2.16. The van der Waals surface area contributed by atoms with Crippen LogP contribution in [0.1, 0.15) is 16.8 Å². The third kappa shape index (κ3) is 2.85. The number of aromatic hydroxyl groups is 1. The Labute approximate surface area is 151 Å². The quantitative estimate of drug-likeness (QED) is 0.879. The maximum Gasteiger partial charge on any atom is 0.203 e. The highest BCUT2D eigenvalue weighted by molar-refractivity contribution is 6.05. The summed E-state index contributed by atoms with van der Waals surface area (Å²) in [6.07, 6.45) is 0.345. The monoisotopic (exact) mass is 359 g/mol. The van der Waals surface area contributed by atoms with Crippen LogP contribution in [0.2, 0.25) is 0 Å². The van der Waals surface area contributed by atoms with Gasteiger partial charge in [0.2, 0.25) is 5.75 Å². The zero-order valence-electron chi connectivity index (χ0n) is 15.2. The molecule has 0 aromatic heterocycles. The fourth-order valence-corrected chi connectivity index (χ4v) is 3.13. The first-order chi connectivity index (χ1) is 12.5. The zero-order valence-corrected chi connectivity index (χ0v) is 15.2. The van der Waals surface area contributed by atoms with E-state index in [2.05, 4.69) is 0 Å². The molecule has 0 saturated carbocycles. The van der Waals surface area contributed by atoms with Gasteiger partial charge in [0.05, 0.1) is 34.1 Å². The lowest BCUT2D eigenvalue weighted by molar-refractivity contribution is 0.0981. The van der Waals surface area contributed by atoms with Gasteiger partial charge in [0, 0.05) is 42.4 Å². The average molecular weight is 359 g/mol. The van der Waals surface area contributed by atoms with Crippen molar-refractivity contribution in [3.63, 3.8) is 0 Å². The van der Waals surface area contributed by atoms with Crippen molar-refractivity contribution in [2.24, 2.45) is 0 Å². The lowest BCUT2D eigenvalue weighted by Crippen LogP contribution is -2.28. The molecular formula is C19H21NO6. The maximum absolute atomic E-state index is 12.4. The second-order valence-corrected chi connectivity index (χ2v) is 5.75. The van der Waals surface area contributed by atoms with Crippen molar-refractivity contribution in [2.45, 2.75) is 6.42 Å². The van der Waals surface area contributed by atoms with E-state index in [4.69, 9.17) is 18.9 Å². The Hall–Kier alpha value is -3.09. The highest BCUT2D eigenvalue weighted by Crippen LogP contribution is 2.45. The van der Waals surface area contributed by atoms with Crippen LogP contribution in [0.4, 0.5) is 11.4 Å². The number of carbonyl (C=O) groups is 1. The van der Waals surface area contributed by atoms with Gasteiger partial charge in [-0.3, -0.25) is 4.79 Å². The average Bonchev–Trinajstić information content (AvgIpc) is 2.66. The molecule has 0 saturated heterocycles. The minimum atomic E-state index is -0.0293. The van der Waals surface area contributed by atoms with Crippen molar-refractivity contribution in [2.75, 3.05) is 39.9 Å². The number of phenols is 1. The molecule has 7 nitrogen and oxygen atoms in total. The number of carbonyl (C=O) groups excluding carboxylic acids is 1. The summed E-state index contributed by atoms with van der Waals surface area (Å²) in [6, 6.07) is 6.72. The molecule has 1 aliphatic rings. The molecule has 2 aromatic carbocycles. The van der Waals surface area contributed by atoms with E-state index in [0.29, 0.717) is 41.5 Å². The molecule has 0 aliphatic carbocycles. The summed E-state index contributed by atoms with van der Waals surface area (Å²) in [7, 11) is 6.09. The highest BCUT2D eigenvalue weighted by atomic mass is 16.5. The largest absolute Gasteiger partial charge is 0.504 e. The van der Waals surface area contributed by atoms with Gasteiger partial charge in [0.1, 0.15) is 0 Å². The molecule has 0 radical (unpaired) electrons. The smallest absolute Gasteiger partial charge is 0.203 e. The van der Waals surface area contributed by atoms with E-state index in [1.165, 1.54) is 13.2 Å². The Morgan fingerprint density at radius 2 is 1.50 bits per heavy atom. The molecule has 0 spiro atoms. The van der Waals surface area contributed by atoms with Crippen molar-refractivity contribution in [1.82, 2.24) is 0 Å². The van der Waals surface area contributed by atoms with Crippen LogP contribution in [0.15, 0.2) is 24.3 Å². The molecule has 1 aliphatic heterocycles. The molecule has 0 bridgehead atoms. The molecule has 3 rings (SSSR count). The normalized spacial score (nSPS) is 13.2. The van der Waals surface area contributed by atoms with Crippen LogP contribution in [0.5, 0.6) is 28.7 Å². The second-order valence-electron chi connectivity index (χ2n) is 5.75. The van der Waals surface area contributed by atoms with Crippen LogP contribution in [0.3, 0.4) is 0 Å². The van der Waals surface area contributed by atoms with Crippen molar-refractivity contribution in [3.05, 3.63) is 29.8 Å². The van der Waals surface area contributed by atoms with Crippen LogP contribution in [0, 0.1) is 0 Å². The van der Waals surface area contributed by atoms with E-state index in [9.17, 15) is 9.90 Å². The topological polar surface area (TPSA) is 77.5 Å². The molecule has 0 fully saturated rings. The zero-order chi connectivity index (χ0) is 18.8. The van der Waals surface area contributed by atoms with Gasteiger partial charge in [-0.05, 0) is 6.07 Å². The summed E-state index contributed by atoms with van der Waals surface area (Å²) in [4.78, 5) is 14.3. The molecule has 0 amide bonds. The predicted molar refractivity (Wildman–Crippen MR) is 96.7 cm³/mol. The van der Waals surface area contributed by atoms with Gasteiger partial charge in [-0.1, -0.05) is 0 Å². The van der Waals surface area contributed by atoms with E-state index in [1.807, 2.05) is 17.0 Å². The summed E-state index contributed by atoms with van der Waals surface area (Å²) in [6.45, 7) is 0.468. The number of ether oxygens (including phenoxy) is 4. The van der Waals surface area contributed by atoms with Crippen LogP contribution in [0.25, 0.3) is 0 Å². The van der Waals surface area contributed by atoms with Gasteiger partial charge in [-0.25, -0.2) is 0 Å². The molecule has 26 heavy (non-hydrogen) atoms. The number of hydrogen-bond donors (Lipinski definition) is 1. The third-order valence-electron chi connectivity index (χ3n) is 4.41. The molecule has 1 N–H and O–H groups in total. The fraction of sp³-hybridized carbons (Fsp3) is 0.316. The van der Waals surface area contributed by atoms with Gasteiger partial charge in [0.25, 0.3) is 0 Å². The first-order valence-electron chi connectivity index (χ1n) is 8.05. The summed E-state index contributed by atoms with van der Waals surface area (Å²) < 4.78 is 21.3. The van der Waals surface area contributed by atoms with Crippen molar-refractivity contribution in [3.8, 4) is 28.7 Å². The Morgan fingerprint density at radius 1 is 0.885 bits per heavy atom. The summed E-state index contributed by atoms with van der Waals surface area (Å²) in [5.41, 5.74) is 1.87. The Morgan fingerprint density at radius 3 is 2.04 bits per heavy atom. The van der Waals surface area contributed by atoms with E-state index in [-0.39, 0.29) is 17.3 Å². The lowest BCUT2D eigenvalue weighted by atomic mass is 9.98. The van der Waals surface area contributed by atoms with Gasteiger partial charge in [0.15, 0.2) is 28.8 Å². The third-order valence-corrected chi connectivity index (χ3v) is 4.41. The molecule has 0 atom stereocenters. The predicted octanol–water partition coefficient (Wildman–Crippen LogP) is 3.15. The molecule has 7 heteroatoms. The number of hydrogen-bond acceptors (Lipinski definition) is 7. The van der Waals surface area contributed by atoms with E-state index in [0.717, 1.165) is 5.69 Å². The number of ketones is 1. The number of rotatable bonds is 5. The summed E-state index contributed by atoms with van der Waals surface area (Å²) in [5, 5.41) is 10.2. The van der Waals surface area contributed by atoms with E-state index in [1.54, 1.807) is 27.4 Å². The standard InChI is InChI=1S/C19H21NO6/c1-23-16-9-12-13(10-15(16)22)20(6-5-14(12)21)11-7-17(24-2)19(26-4)18(8-11)25-3/h7-10,22H,5-6H2,1-4H3. The Kier molecular flexibility index (Phi) is 4.79. The number of anilines is 2. The molecule has 138 valence electrons. The number of fused-ring (bicyclic) bond motifs is 1. The molecule has 1 heterocycles. The van der Waals surface area contributed by atoms with Crippen LogP contribution < -0.4 is 23.8 Å². The minimum Gasteiger partial charge on any atom is -0.504 e. The van der Waals surface area contributed by atoms with Gasteiger partial charge >= 0.3 is 0 Å². The number of nitrogens with zero attached hydrogens (tertiary/aromatic N) is 1. The lowest BCUT2D eigenvalue weighted by Gasteiger charge is -2.31. The van der Waals surface area contributed by atoms with Crippen molar-refractivity contribution in [1.29, 1.82) is 0 Å². The number of phenolic OH excluding ortho intramolecular Hbond substituents is 1. The highest BCUT2D eigenvalue weighted by Gasteiger charge is 2.28. The van der Waals surface area contributed by atoms with Gasteiger partial charge in [-0.15, -0.1) is 0 Å². The summed E-state index contributed by atoms with van der Waals surface area (Å²) in [5.74, 6) is 1.75. The number of methoxy groups -OCH3 is 4. The number of Topliss-reactive ketones (excluding diaryl/α,β-unsaturated/α-hetero) is 1. The fourth-order valence-electron chi connectivity index (χ4n) is 3.13. The first-order valence-corrected chi connectivity index (χ1v) is 8.05. The Bertz CT molecular complexity index is 823. The van der Waals surface area contributed by atoms with Crippen LogP contribution in [-0.4, -0.2) is 45.9 Å².